The number of aryl methyl sites for hydroxylation is 2. The molecule has 0 unspecified atom stereocenters. The fourth-order valence-electron chi connectivity index (χ4n) is 2.21. The van der Waals surface area contributed by atoms with Crippen LogP contribution in [0.25, 0.3) is 5.65 Å². The van der Waals surface area contributed by atoms with Crippen LogP contribution >= 0.6 is 15.9 Å². The van der Waals surface area contributed by atoms with Crippen molar-refractivity contribution in [2.45, 2.75) is 33.2 Å². The molecular weight excluding hydrogens is 318 g/mol. The molecule has 0 bridgehead atoms. The number of rotatable bonds is 4. The molecule has 104 valence electrons. The highest BCUT2D eigenvalue weighted by molar-refractivity contribution is 9.10. The zero-order chi connectivity index (χ0) is 14.1. The van der Waals surface area contributed by atoms with E-state index < -0.39 is 0 Å². The van der Waals surface area contributed by atoms with Gasteiger partial charge in [-0.3, -0.25) is 0 Å². The number of hydrogen-bond donors (Lipinski definition) is 0. The summed E-state index contributed by atoms with van der Waals surface area (Å²) >= 11 is 3.47. The van der Waals surface area contributed by atoms with Crippen molar-refractivity contribution in [1.82, 2.24) is 24.1 Å². The van der Waals surface area contributed by atoms with Crippen molar-refractivity contribution in [2.75, 3.05) is 0 Å². The molecule has 0 atom stereocenters. The van der Waals surface area contributed by atoms with Crippen LogP contribution in [0.4, 0.5) is 0 Å². The van der Waals surface area contributed by atoms with Crippen LogP contribution in [0.15, 0.2) is 29.0 Å². The van der Waals surface area contributed by atoms with Gasteiger partial charge in [0.25, 0.3) is 0 Å². The maximum absolute atomic E-state index is 4.61. The fraction of sp³-hybridized carbons (Fsp3) is 0.357. The molecule has 0 amide bonds. The van der Waals surface area contributed by atoms with Gasteiger partial charge in [0.1, 0.15) is 11.5 Å². The summed E-state index contributed by atoms with van der Waals surface area (Å²) in [4.78, 5) is 9.13. The molecule has 0 fully saturated rings. The number of hydrogen-bond acceptors (Lipinski definition) is 3. The van der Waals surface area contributed by atoms with E-state index in [0.717, 1.165) is 40.3 Å². The van der Waals surface area contributed by atoms with Gasteiger partial charge in [-0.05, 0) is 28.1 Å². The number of imidazole rings is 1. The third-order valence-electron chi connectivity index (χ3n) is 3.20. The standard InChI is InChI=1S/C14H16BrN5/c1-3-12-17-13(4-2)20(18-12)9-11-8-19-7-10(15)5-6-14(19)16-11/h5-8H,3-4,9H2,1-2H3. The second kappa shape index (κ2) is 5.36. The third kappa shape index (κ3) is 2.47. The lowest BCUT2D eigenvalue weighted by molar-refractivity contribution is 0.629. The molecule has 0 aliphatic carbocycles. The van der Waals surface area contributed by atoms with Crippen LogP contribution in [0.5, 0.6) is 0 Å². The van der Waals surface area contributed by atoms with Crippen LogP contribution in [0, 0.1) is 0 Å². The lowest BCUT2D eigenvalue weighted by Gasteiger charge is -2.00. The number of aromatic nitrogens is 5. The summed E-state index contributed by atoms with van der Waals surface area (Å²) in [7, 11) is 0. The average Bonchev–Trinajstić information content (AvgIpc) is 3.01. The molecule has 0 aliphatic rings. The van der Waals surface area contributed by atoms with Crippen molar-refractivity contribution in [2.24, 2.45) is 0 Å². The minimum absolute atomic E-state index is 0.662. The topological polar surface area (TPSA) is 48.0 Å². The van der Waals surface area contributed by atoms with Gasteiger partial charge in [0.2, 0.25) is 0 Å². The first-order valence-corrected chi connectivity index (χ1v) is 7.54. The molecule has 0 spiro atoms. The zero-order valence-corrected chi connectivity index (χ0v) is 13.1. The van der Waals surface area contributed by atoms with E-state index in [2.05, 4.69) is 44.8 Å². The van der Waals surface area contributed by atoms with Gasteiger partial charge in [0, 0.05) is 29.7 Å². The third-order valence-corrected chi connectivity index (χ3v) is 3.67. The van der Waals surface area contributed by atoms with Gasteiger partial charge in [0.05, 0.1) is 12.2 Å². The molecule has 20 heavy (non-hydrogen) atoms. The summed E-state index contributed by atoms with van der Waals surface area (Å²) in [5.41, 5.74) is 1.93. The van der Waals surface area contributed by atoms with Crippen LogP contribution in [0.1, 0.15) is 31.2 Å². The second-order valence-electron chi connectivity index (χ2n) is 4.65. The summed E-state index contributed by atoms with van der Waals surface area (Å²) in [5.74, 6) is 1.91. The molecule has 0 N–H and O–H groups in total. The van der Waals surface area contributed by atoms with Gasteiger partial charge in [0.15, 0.2) is 5.82 Å². The Morgan fingerprint density at radius 2 is 1.95 bits per heavy atom. The molecule has 0 radical (unpaired) electrons. The Labute approximate surface area is 125 Å². The predicted octanol–water partition coefficient (Wildman–Crippen LogP) is 2.86. The molecule has 6 heteroatoms. The van der Waals surface area contributed by atoms with Crippen molar-refractivity contribution in [3.05, 3.63) is 46.3 Å². The quantitative estimate of drug-likeness (QED) is 0.737. The molecule has 0 aromatic carbocycles. The van der Waals surface area contributed by atoms with Crippen LogP contribution in [-0.2, 0) is 19.4 Å². The Bertz CT molecular complexity index is 743. The molecule has 0 saturated carbocycles. The predicted molar refractivity (Wildman–Crippen MR) is 80.8 cm³/mol. The number of nitrogens with zero attached hydrogens (tertiary/aromatic N) is 5. The van der Waals surface area contributed by atoms with E-state index in [9.17, 15) is 0 Å². The SMILES string of the molecule is CCc1nc(CC)n(Cc2cn3cc(Br)ccc3n2)n1. The van der Waals surface area contributed by atoms with Gasteiger partial charge in [-0.1, -0.05) is 13.8 Å². The van der Waals surface area contributed by atoms with Crippen LogP contribution < -0.4 is 0 Å². The summed E-state index contributed by atoms with van der Waals surface area (Å²) in [5, 5.41) is 4.53. The Hall–Kier alpha value is -1.69. The van der Waals surface area contributed by atoms with E-state index >= 15 is 0 Å². The first-order chi connectivity index (χ1) is 9.69. The second-order valence-corrected chi connectivity index (χ2v) is 5.57. The summed E-state index contributed by atoms with van der Waals surface area (Å²) in [6.45, 7) is 4.83. The smallest absolute Gasteiger partial charge is 0.150 e. The Morgan fingerprint density at radius 3 is 2.70 bits per heavy atom. The first-order valence-electron chi connectivity index (χ1n) is 6.75. The Balaban J connectivity index is 1.94. The average molecular weight is 334 g/mol. The van der Waals surface area contributed by atoms with E-state index in [1.807, 2.05) is 33.6 Å². The summed E-state index contributed by atoms with van der Waals surface area (Å²) in [6, 6.07) is 3.99. The van der Waals surface area contributed by atoms with Crippen molar-refractivity contribution < 1.29 is 0 Å². The van der Waals surface area contributed by atoms with E-state index in [4.69, 9.17) is 0 Å². The maximum Gasteiger partial charge on any atom is 0.150 e. The highest BCUT2D eigenvalue weighted by Crippen LogP contribution is 2.13. The van der Waals surface area contributed by atoms with Gasteiger partial charge in [-0.15, -0.1) is 0 Å². The van der Waals surface area contributed by atoms with Gasteiger partial charge >= 0.3 is 0 Å². The molecule has 5 nitrogen and oxygen atoms in total. The molecular formula is C14H16BrN5. The molecule has 3 aromatic rings. The van der Waals surface area contributed by atoms with Crippen LogP contribution in [-0.4, -0.2) is 24.1 Å². The normalized spacial score (nSPS) is 11.3. The summed E-state index contributed by atoms with van der Waals surface area (Å²) < 4.78 is 5.01. The van der Waals surface area contributed by atoms with Crippen molar-refractivity contribution >= 4 is 21.6 Å². The Morgan fingerprint density at radius 1 is 1.10 bits per heavy atom. The highest BCUT2D eigenvalue weighted by atomic mass is 79.9. The van der Waals surface area contributed by atoms with Crippen molar-refractivity contribution in [3.8, 4) is 0 Å². The lowest BCUT2D eigenvalue weighted by atomic mass is 10.4. The fourth-order valence-corrected chi connectivity index (χ4v) is 2.56. The van der Waals surface area contributed by atoms with Crippen LogP contribution in [0.2, 0.25) is 0 Å². The number of fused-ring (bicyclic) bond motifs is 1. The molecule has 0 aliphatic heterocycles. The zero-order valence-electron chi connectivity index (χ0n) is 11.5. The van der Waals surface area contributed by atoms with E-state index in [1.165, 1.54) is 0 Å². The van der Waals surface area contributed by atoms with Gasteiger partial charge in [-0.25, -0.2) is 14.6 Å². The van der Waals surface area contributed by atoms with Crippen molar-refractivity contribution in [1.29, 1.82) is 0 Å². The van der Waals surface area contributed by atoms with E-state index in [0.29, 0.717) is 6.54 Å². The lowest BCUT2D eigenvalue weighted by Crippen LogP contribution is -2.06. The number of halogens is 1. The summed E-state index contributed by atoms with van der Waals surface area (Å²) in [6.07, 6.45) is 5.78. The molecule has 0 saturated heterocycles. The minimum atomic E-state index is 0.662. The molecule has 3 aromatic heterocycles. The monoisotopic (exact) mass is 333 g/mol. The molecule has 3 rings (SSSR count). The van der Waals surface area contributed by atoms with Crippen LogP contribution in [0.3, 0.4) is 0 Å². The van der Waals surface area contributed by atoms with E-state index in [-0.39, 0.29) is 0 Å². The van der Waals surface area contributed by atoms with Crippen molar-refractivity contribution in [3.63, 3.8) is 0 Å². The van der Waals surface area contributed by atoms with Gasteiger partial charge in [-0.2, -0.15) is 5.10 Å². The van der Waals surface area contributed by atoms with Gasteiger partial charge < -0.3 is 4.40 Å². The number of pyridine rings is 1. The largest absolute Gasteiger partial charge is 0.306 e. The minimum Gasteiger partial charge on any atom is -0.306 e. The van der Waals surface area contributed by atoms with E-state index in [1.54, 1.807) is 0 Å². The Kier molecular flexibility index (Phi) is 3.56. The molecule has 3 heterocycles. The highest BCUT2D eigenvalue weighted by Gasteiger charge is 2.09. The first kappa shape index (κ1) is 13.3. The maximum atomic E-state index is 4.61.